The highest BCUT2D eigenvalue weighted by Gasteiger charge is 2.30. The summed E-state index contributed by atoms with van der Waals surface area (Å²) in [6, 6.07) is 12.4. The van der Waals surface area contributed by atoms with Gasteiger partial charge >= 0.3 is 6.18 Å². The van der Waals surface area contributed by atoms with E-state index in [1.54, 1.807) is 24.4 Å². The second kappa shape index (κ2) is 7.67. The van der Waals surface area contributed by atoms with E-state index in [0.29, 0.717) is 5.69 Å². The number of nitrogens with zero attached hydrogens (tertiary/aromatic N) is 3. The Balaban J connectivity index is 1.88. The van der Waals surface area contributed by atoms with Gasteiger partial charge in [0.15, 0.2) is 0 Å². The number of rotatable bonds is 3. The summed E-state index contributed by atoms with van der Waals surface area (Å²) in [6.07, 6.45) is -1.52. The normalized spacial score (nSPS) is 11.5. The summed E-state index contributed by atoms with van der Waals surface area (Å²) in [7, 11) is 1.42. The molecule has 0 saturated carbocycles. The molecule has 2 heterocycles. The van der Waals surface area contributed by atoms with E-state index in [1.807, 2.05) is 0 Å². The van der Waals surface area contributed by atoms with Crippen LogP contribution in [0.3, 0.4) is 0 Å². The number of hydrogen-bond donors (Lipinski definition) is 1. The number of benzene rings is 2. The van der Waals surface area contributed by atoms with Crippen LogP contribution in [-0.2, 0) is 13.2 Å². The molecule has 0 radical (unpaired) electrons. The van der Waals surface area contributed by atoms with E-state index in [2.05, 4.69) is 15.3 Å². The van der Waals surface area contributed by atoms with Crippen LogP contribution in [0.1, 0.15) is 15.9 Å². The summed E-state index contributed by atoms with van der Waals surface area (Å²) >= 11 is 0. The Kier molecular flexibility index (Phi) is 5.02. The van der Waals surface area contributed by atoms with Gasteiger partial charge in [-0.25, -0.2) is 4.98 Å². The van der Waals surface area contributed by atoms with Crippen molar-refractivity contribution in [2.24, 2.45) is 7.05 Å². The molecule has 1 N–H and O–H groups in total. The smallest absolute Gasteiger partial charge is 0.321 e. The Morgan fingerprint density at radius 1 is 1.06 bits per heavy atom. The summed E-state index contributed by atoms with van der Waals surface area (Å²) in [6.45, 7) is 0. The number of amides is 1. The molecule has 2 aromatic heterocycles. The first kappa shape index (κ1) is 20.3. The van der Waals surface area contributed by atoms with Crippen LogP contribution in [-0.4, -0.2) is 20.4 Å². The molecule has 0 unspecified atom stereocenters. The van der Waals surface area contributed by atoms with Crippen molar-refractivity contribution in [2.75, 3.05) is 5.32 Å². The molecule has 9 heteroatoms. The molecule has 0 saturated heterocycles. The third kappa shape index (κ3) is 3.89. The minimum atomic E-state index is -4.54. The van der Waals surface area contributed by atoms with Crippen molar-refractivity contribution in [1.29, 1.82) is 0 Å². The largest absolute Gasteiger partial charge is 0.416 e. The molecule has 2 aromatic carbocycles. The maximum Gasteiger partial charge on any atom is 0.416 e. The fraction of sp³-hybridized carbons (Fsp3) is 0.0909. The van der Waals surface area contributed by atoms with Gasteiger partial charge in [0.1, 0.15) is 5.82 Å². The highest BCUT2D eigenvalue weighted by molar-refractivity contribution is 6.11. The first-order valence-corrected chi connectivity index (χ1v) is 9.14. The van der Waals surface area contributed by atoms with Crippen molar-refractivity contribution >= 4 is 22.5 Å². The summed E-state index contributed by atoms with van der Waals surface area (Å²) in [4.78, 5) is 34.1. The monoisotopic (exact) mass is 424 g/mol. The fourth-order valence-electron chi connectivity index (χ4n) is 3.21. The Morgan fingerprint density at radius 3 is 2.55 bits per heavy atom. The number of alkyl halides is 3. The van der Waals surface area contributed by atoms with Gasteiger partial charge in [0.2, 0.25) is 0 Å². The van der Waals surface area contributed by atoms with Crippen molar-refractivity contribution in [3.63, 3.8) is 0 Å². The SMILES string of the molecule is Cn1c(-c2cccc(C(F)(F)F)c2)nc2c(C(=O)Nc3cccnc3)cccc2c1=O. The molecule has 6 nitrogen and oxygen atoms in total. The lowest BCUT2D eigenvalue weighted by atomic mass is 10.1. The third-order valence-corrected chi connectivity index (χ3v) is 4.72. The van der Waals surface area contributed by atoms with Gasteiger partial charge in [0, 0.05) is 18.8 Å². The molecular weight excluding hydrogens is 409 g/mol. The molecule has 4 aromatic rings. The number of halogens is 3. The van der Waals surface area contributed by atoms with Crippen molar-refractivity contribution in [2.45, 2.75) is 6.18 Å². The molecule has 0 aliphatic carbocycles. The van der Waals surface area contributed by atoms with Crippen molar-refractivity contribution < 1.29 is 18.0 Å². The topological polar surface area (TPSA) is 76.9 Å². The van der Waals surface area contributed by atoms with Crippen LogP contribution >= 0.6 is 0 Å². The zero-order valence-electron chi connectivity index (χ0n) is 16.1. The second-order valence-electron chi connectivity index (χ2n) is 6.78. The summed E-state index contributed by atoms with van der Waals surface area (Å²) < 4.78 is 40.6. The predicted octanol–water partition coefficient (Wildman–Crippen LogP) is 4.27. The molecule has 0 aliphatic heterocycles. The first-order chi connectivity index (χ1) is 14.8. The van der Waals surface area contributed by atoms with Gasteiger partial charge in [-0.2, -0.15) is 13.2 Å². The molecule has 156 valence electrons. The van der Waals surface area contributed by atoms with E-state index >= 15 is 0 Å². The summed E-state index contributed by atoms with van der Waals surface area (Å²) in [5.41, 5.74) is -0.563. The molecule has 4 rings (SSSR count). The zero-order valence-corrected chi connectivity index (χ0v) is 16.1. The van der Waals surface area contributed by atoms with Crippen LogP contribution in [0.25, 0.3) is 22.3 Å². The van der Waals surface area contributed by atoms with Crippen molar-refractivity contribution in [3.05, 3.63) is 88.5 Å². The lowest BCUT2D eigenvalue weighted by Gasteiger charge is -2.13. The average molecular weight is 424 g/mol. The van der Waals surface area contributed by atoms with Crippen LogP contribution in [0.4, 0.5) is 18.9 Å². The number of para-hydroxylation sites is 1. The summed E-state index contributed by atoms with van der Waals surface area (Å²) in [5, 5.41) is 2.85. The number of anilines is 1. The quantitative estimate of drug-likeness (QED) is 0.533. The number of carbonyl (C=O) groups excluding carboxylic acids is 1. The van der Waals surface area contributed by atoms with Gasteiger partial charge in [-0.15, -0.1) is 0 Å². The molecule has 0 aliphatic rings. The Bertz CT molecular complexity index is 1350. The van der Waals surface area contributed by atoms with Crippen LogP contribution in [0.2, 0.25) is 0 Å². The standard InChI is InChI=1S/C22H15F3N4O2/c1-29-19(13-5-2-6-14(11-13)22(23,24)25)28-18-16(8-3-9-17(18)21(29)31)20(30)27-15-7-4-10-26-12-15/h2-12H,1H3,(H,27,30). The third-order valence-electron chi connectivity index (χ3n) is 4.72. The molecule has 0 spiro atoms. The molecule has 0 bridgehead atoms. The van der Waals surface area contributed by atoms with Crippen LogP contribution in [0, 0.1) is 0 Å². The molecule has 0 fully saturated rings. The number of pyridine rings is 1. The lowest BCUT2D eigenvalue weighted by molar-refractivity contribution is -0.137. The zero-order chi connectivity index (χ0) is 22.2. The molecule has 31 heavy (non-hydrogen) atoms. The van der Waals surface area contributed by atoms with E-state index in [-0.39, 0.29) is 27.9 Å². The molecule has 0 atom stereocenters. The molecule has 1 amide bonds. The predicted molar refractivity (Wildman–Crippen MR) is 110 cm³/mol. The van der Waals surface area contributed by atoms with Crippen molar-refractivity contribution in [1.82, 2.24) is 14.5 Å². The van der Waals surface area contributed by atoms with E-state index in [4.69, 9.17) is 0 Å². The van der Waals surface area contributed by atoms with Crippen LogP contribution in [0.5, 0.6) is 0 Å². The Labute approximate surface area is 174 Å². The van der Waals surface area contributed by atoms with Gasteiger partial charge in [-0.3, -0.25) is 19.1 Å². The van der Waals surface area contributed by atoms with Gasteiger partial charge in [-0.1, -0.05) is 18.2 Å². The van der Waals surface area contributed by atoms with E-state index < -0.39 is 23.2 Å². The van der Waals surface area contributed by atoms with Gasteiger partial charge in [0.25, 0.3) is 11.5 Å². The van der Waals surface area contributed by atoms with Gasteiger partial charge in [0.05, 0.1) is 33.9 Å². The lowest BCUT2D eigenvalue weighted by Crippen LogP contribution is -2.22. The van der Waals surface area contributed by atoms with Crippen molar-refractivity contribution in [3.8, 4) is 11.4 Å². The Morgan fingerprint density at radius 2 is 1.84 bits per heavy atom. The average Bonchev–Trinajstić information content (AvgIpc) is 2.76. The fourth-order valence-corrected chi connectivity index (χ4v) is 3.21. The number of aromatic nitrogens is 3. The number of nitrogens with one attached hydrogen (secondary N) is 1. The maximum atomic E-state index is 13.1. The highest BCUT2D eigenvalue weighted by Crippen LogP contribution is 2.32. The number of fused-ring (bicyclic) bond motifs is 1. The summed E-state index contributed by atoms with van der Waals surface area (Å²) in [5.74, 6) is -0.500. The highest BCUT2D eigenvalue weighted by atomic mass is 19.4. The van der Waals surface area contributed by atoms with E-state index in [0.717, 1.165) is 12.1 Å². The van der Waals surface area contributed by atoms with Crippen LogP contribution in [0.15, 0.2) is 71.8 Å². The van der Waals surface area contributed by atoms with Gasteiger partial charge in [-0.05, 0) is 36.4 Å². The number of carbonyl (C=O) groups is 1. The Hall–Kier alpha value is -4.01. The van der Waals surface area contributed by atoms with E-state index in [9.17, 15) is 22.8 Å². The van der Waals surface area contributed by atoms with E-state index in [1.165, 1.54) is 42.1 Å². The maximum absolute atomic E-state index is 13.1. The number of hydrogen-bond acceptors (Lipinski definition) is 4. The minimum Gasteiger partial charge on any atom is -0.321 e. The molecular formula is C22H15F3N4O2. The minimum absolute atomic E-state index is 0.0187. The second-order valence-corrected chi connectivity index (χ2v) is 6.78. The van der Waals surface area contributed by atoms with Crippen LogP contribution < -0.4 is 10.9 Å². The first-order valence-electron chi connectivity index (χ1n) is 9.14. The van der Waals surface area contributed by atoms with Gasteiger partial charge < -0.3 is 5.32 Å².